The summed E-state index contributed by atoms with van der Waals surface area (Å²) in [5.41, 5.74) is 7.34. The first-order chi connectivity index (χ1) is 5.77. The maximum Gasteiger partial charge on any atom is 0.0836 e. The first-order valence-electron chi connectivity index (χ1n) is 3.57. The molecule has 0 radical (unpaired) electrons. The molecule has 1 aromatic heterocycles. The number of fused-ring (bicyclic) bond motifs is 1. The fraction of sp³-hybridized carbons (Fsp3) is 0. The third-order valence-electron chi connectivity index (χ3n) is 1.68. The van der Waals surface area contributed by atoms with E-state index in [4.69, 9.17) is 5.73 Å². The highest BCUT2D eigenvalue weighted by atomic mass is 127. The maximum absolute atomic E-state index is 5.61. The van der Waals surface area contributed by atoms with Gasteiger partial charge in [-0.15, -0.1) is 0 Å². The number of hydrogen-bond donors (Lipinski definition) is 1. The Hall–Kier alpha value is -0.840. The van der Waals surface area contributed by atoms with E-state index in [0.717, 1.165) is 14.5 Å². The van der Waals surface area contributed by atoms with Gasteiger partial charge in [0.1, 0.15) is 0 Å². The Morgan fingerprint density at radius 1 is 1.33 bits per heavy atom. The molecule has 3 heteroatoms. The van der Waals surface area contributed by atoms with Gasteiger partial charge in [0.2, 0.25) is 0 Å². The van der Waals surface area contributed by atoms with Gasteiger partial charge < -0.3 is 5.73 Å². The van der Waals surface area contributed by atoms with Crippen molar-refractivity contribution in [1.29, 1.82) is 0 Å². The summed E-state index contributed by atoms with van der Waals surface area (Å²) in [5, 5.41) is 1.10. The van der Waals surface area contributed by atoms with Crippen molar-refractivity contribution in [3.63, 3.8) is 0 Å². The summed E-state index contributed by atoms with van der Waals surface area (Å²) in [6, 6.07) is 7.99. The quantitative estimate of drug-likeness (QED) is 0.747. The van der Waals surface area contributed by atoms with Gasteiger partial charge in [0.25, 0.3) is 0 Å². The Morgan fingerprint density at radius 3 is 3.00 bits per heavy atom. The first-order valence-corrected chi connectivity index (χ1v) is 4.65. The number of para-hydroxylation sites is 1. The van der Waals surface area contributed by atoms with E-state index in [1.807, 2.05) is 24.3 Å². The molecule has 2 rings (SSSR count). The summed E-state index contributed by atoms with van der Waals surface area (Å²) in [4.78, 5) is 4.25. The summed E-state index contributed by atoms with van der Waals surface area (Å²) >= 11 is 2.27. The van der Waals surface area contributed by atoms with E-state index in [-0.39, 0.29) is 0 Å². The van der Waals surface area contributed by atoms with E-state index < -0.39 is 0 Å². The van der Waals surface area contributed by atoms with Crippen LogP contribution < -0.4 is 5.73 Å². The van der Waals surface area contributed by atoms with E-state index in [1.54, 1.807) is 6.20 Å². The molecule has 2 nitrogen and oxygen atoms in total. The minimum atomic E-state index is 0.713. The number of hydrogen-bond acceptors (Lipinski definition) is 2. The highest BCUT2D eigenvalue weighted by Crippen LogP contribution is 2.19. The lowest BCUT2D eigenvalue weighted by Crippen LogP contribution is -1.88. The first kappa shape index (κ1) is 7.79. The Morgan fingerprint density at radius 2 is 2.17 bits per heavy atom. The predicted octanol–water partition coefficient (Wildman–Crippen LogP) is 2.42. The molecule has 0 unspecified atom stereocenters. The van der Waals surface area contributed by atoms with Crippen molar-refractivity contribution >= 4 is 39.2 Å². The van der Waals surface area contributed by atoms with Crippen molar-refractivity contribution in [2.45, 2.75) is 0 Å². The molecule has 60 valence electrons. The van der Waals surface area contributed by atoms with Crippen LogP contribution in [0.5, 0.6) is 0 Å². The predicted molar refractivity (Wildman–Crippen MR) is 58.9 cm³/mol. The summed E-state index contributed by atoms with van der Waals surface area (Å²) in [5.74, 6) is 0. The van der Waals surface area contributed by atoms with Crippen LogP contribution in [0.15, 0.2) is 30.5 Å². The third-order valence-corrected chi connectivity index (χ3v) is 2.55. The van der Waals surface area contributed by atoms with Crippen molar-refractivity contribution < 1.29 is 0 Å². The number of halogens is 1. The van der Waals surface area contributed by atoms with Gasteiger partial charge in [-0.2, -0.15) is 0 Å². The van der Waals surface area contributed by atoms with Crippen molar-refractivity contribution in [1.82, 2.24) is 4.98 Å². The summed E-state index contributed by atoms with van der Waals surface area (Å²) in [6.07, 6.45) is 1.69. The van der Waals surface area contributed by atoms with Crippen molar-refractivity contribution in [3.8, 4) is 0 Å². The molecule has 1 heterocycles. The van der Waals surface area contributed by atoms with Gasteiger partial charge >= 0.3 is 0 Å². The summed E-state index contributed by atoms with van der Waals surface area (Å²) in [6.45, 7) is 0. The smallest absolute Gasteiger partial charge is 0.0836 e. The van der Waals surface area contributed by atoms with Crippen LogP contribution in [0.4, 0.5) is 5.69 Å². The second-order valence-electron chi connectivity index (χ2n) is 2.58. The lowest BCUT2D eigenvalue weighted by Gasteiger charge is -1.99. The molecule has 0 aliphatic carbocycles. The second kappa shape index (κ2) is 2.90. The number of nitrogen functional groups attached to an aromatic ring is 1. The third kappa shape index (κ3) is 1.24. The van der Waals surface area contributed by atoms with Crippen LogP contribution in [0, 0.1) is 3.57 Å². The molecule has 0 amide bonds. The zero-order valence-corrected chi connectivity index (χ0v) is 8.45. The molecular formula is C9H7IN2. The van der Waals surface area contributed by atoms with Crippen LogP contribution >= 0.6 is 22.6 Å². The van der Waals surface area contributed by atoms with Gasteiger partial charge in [-0.3, -0.25) is 4.98 Å². The van der Waals surface area contributed by atoms with Crippen molar-refractivity contribution in [2.24, 2.45) is 0 Å². The van der Waals surface area contributed by atoms with Crippen LogP contribution in [0.3, 0.4) is 0 Å². The Kier molecular flexibility index (Phi) is 1.88. The number of pyridine rings is 1. The monoisotopic (exact) mass is 270 g/mol. The fourth-order valence-electron chi connectivity index (χ4n) is 1.14. The van der Waals surface area contributed by atoms with Crippen LogP contribution in [0.2, 0.25) is 0 Å². The molecule has 1 aromatic carbocycles. The number of nitrogens with zero attached hydrogens (tertiary/aromatic N) is 1. The molecule has 2 aromatic rings. The SMILES string of the molecule is Nc1cnc2c(I)cccc2c1. The molecule has 0 bridgehead atoms. The van der Waals surface area contributed by atoms with E-state index in [0.29, 0.717) is 5.69 Å². The molecule has 12 heavy (non-hydrogen) atoms. The van der Waals surface area contributed by atoms with Crippen LogP contribution in [-0.2, 0) is 0 Å². The highest BCUT2D eigenvalue weighted by Gasteiger charge is 1.98. The van der Waals surface area contributed by atoms with Gasteiger partial charge in [0.15, 0.2) is 0 Å². The molecule has 0 atom stereocenters. The van der Waals surface area contributed by atoms with Crippen LogP contribution in [0.1, 0.15) is 0 Å². The highest BCUT2D eigenvalue weighted by molar-refractivity contribution is 14.1. The van der Waals surface area contributed by atoms with E-state index in [1.165, 1.54) is 0 Å². The van der Waals surface area contributed by atoms with Crippen molar-refractivity contribution in [2.75, 3.05) is 5.73 Å². The number of anilines is 1. The average Bonchev–Trinajstić information content (AvgIpc) is 2.04. The molecule has 2 N–H and O–H groups in total. The second-order valence-corrected chi connectivity index (χ2v) is 3.74. The number of benzene rings is 1. The summed E-state index contributed by atoms with van der Waals surface area (Å²) < 4.78 is 1.16. The molecular weight excluding hydrogens is 263 g/mol. The molecule has 0 saturated carbocycles. The normalized spacial score (nSPS) is 10.4. The van der Waals surface area contributed by atoms with Gasteiger partial charge in [-0.25, -0.2) is 0 Å². The standard InChI is InChI=1S/C9H7IN2/c10-8-3-1-2-6-4-7(11)5-12-9(6)8/h1-5H,11H2. The molecule has 0 aliphatic heterocycles. The van der Waals surface area contributed by atoms with Gasteiger partial charge in [-0.1, -0.05) is 12.1 Å². The minimum absolute atomic E-state index is 0.713. The van der Waals surface area contributed by atoms with Crippen molar-refractivity contribution in [3.05, 3.63) is 34.0 Å². The molecule has 0 aliphatic rings. The van der Waals surface area contributed by atoms with Crippen LogP contribution in [0.25, 0.3) is 10.9 Å². The van der Waals surface area contributed by atoms with E-state index >= 15 is 0 Å². The lowest BCUT2D eigenvalue weighted by atomic mass is 10.2. The topological polar surface area (TPSA) is 38.9 Å². The number of rotatable bonds is 0. The van der Waals surface area contributed by atoms with Gasteiger partial charge in [0, 0.05) is 8.96 Å². The minimum Gasteiger partial charge on any atom is -0.397 e. The lowest BCUT2D eigenvalue weighted by molar-refractivity contribution is 1.40. The zero-order chi connectivity index (χ0) is 8.55. The molecule has 0 spiro atoms. The fourth-order valence-corrected chi connectivity index (χ4v) is 1.80. The summed E-state index contributed by atoms with van der Waals surface area (Å²) in [7, 11) is 0. The van der Waals surface area contributed by atoms with Gasteiger partial charge in [0.05, 0.1) is 17.4 Å². The number of nitrogens with two attached hydrogens (primary N) is 1. The maximum atomic E-state index is 5.61. The van der Waals surface area contributed by atoms with Crippen LogP contribution in [-0.4, -0.2) is 4.98 Å². The molecule has 0 saturated heterocycles. The zero-order valence-electron chi connectivity index (χ0n) is 6.29. The Balaban J connectivity index is 2.86. The Bertz CT molecular complexity index is 426. The van der Waals surface area contributed by atoms with Gasteiger partial charge in [-0.05, 0) is 34.7 Å². The number of aromatic nitrogens is 1. The Labute approximate surface area is 83.9 Å². The van der Waals surface area contributed by atoms with E-state index in [2.05, 4.69) is 27.6 Å². The molecule has 0 fully saturated rings. The largest absolute Gasteiger partial charge is 0.397 e. The van der Waals surface area contributed by atoms with E-state index in [9.17, 15) is 0 Å². The average molecular weight is 270 g/mol.